The number of halogens is 2. The maximum absolute atomic E-state index is 12.7. The van der Waals surface area contributed by atoms with Crippen LogP contribution in [0.15, 0.2) is 0 Å². The SMILES string of the molecule is CC1CN(CC2(C(F)F)CC2)CCN1. The Morgan fingerprint density at radius 3 is 2.71 bits per heavy atom. The second-order valence-corrected chi connectivity index (χ2v) is 4.75. The molecule has 0 aromatic heterocycles. The van der Waals surface area contributed by atoms with Gasteiger partial charge in [0.25, 0.3) is 0 Å². The summed E-state index contributed by atoms with van der Waals surface area (Å²) in [4.78, 5) is 2.18. The highest BCUT2D eigenvalue weighted by Gasteiger charge is 2.51. The van der Waals surface area contributed by atoms with Crippen molar-refractivity contribution < 1.29 is 8.78 Å². The molecule has 1 atom stereocenters. The lowest BCUT2D eigenvalue weighted by molar-refractivity contribution is 0.0306. The van der Waals surface area contributed by atoms with Gasteiger partial charge in [-0.2, -0.15) is 0 Å². The summed E-state index contributed by atoms with van der Waals surface area (Å²) in [6, 6.07) is 0.442. The van der Waals surface area contributed by atoms with E-state index in [9.17, 15) is 8.78 Å². The monoisotopic (exact) mass is 204 g/mol. The average molecular weight is 204 g/mol. The second-order valence-electron chi connectivity index (χ2n) is 4.75. The standard InChI is InChI=1S/C10H18F2N2/c1-8-6-14(5-4-13-8)7-10(2-3-10)9(11)12/h8-9,13H,2-7H2,1H3. The van der Waals surface area contributed by atoms with E-state index in [4.69, 9.17) is 0 Å². The molecule has 2 fully saturated rings. The molecule has 1 aliphatic carbocycles. The van der Waals surface area contributed by atoms with Crippen LogP contribution in [0.4, 0.5) is 8.78 Å². The third-order valence-electron chi connectivity index (χ3n) is 3.35. The molecular formula is C10H18F2N2. The lowest BCUT2D eigenvalue weighted by Gasteiger charge is -2.34. The van der Waals surface area contributed by atoms with E-state index in [0.717, 1.165) is 19.6 Å². The third kappa shape index (κ3) is 2.06. The van der Waals surface area contributed by atoms with Gasteiger partial charge in [-0.25, -0.2) is 8.78 Å². The van der Waals surface area contributed by atoms with Crippen LogP contribution in [-0.4, -0.2) is 43.5 Å². The number of piperazine rings is 1. The third-order valence-corrected chi connectivity index (χ3v) is 3.35. The minimum absolute atomic E-state index is 0.442. The number of alkyl halides is 2. The maximum Gasteiger partial charge on any atom is 0.245 e. The van der Waals surface area contributed by atoms with Gasteiger partial charge >= 0.3 is 0 Å². The molecule has 1 heterocycles. The van der Waals surface area contributed by atoms with Crippen molar-refractivity contribution in [1.82, 2.24) is 10.2 Å². The van der Waals surface area contributed by atoms with Crippen molar-refractivity contribution in [2.24, 2.45) is 5.41 Å². The Morgan fingerprint density at radius 2 is 2.21 bits per heavy atom. The molecule has 1 saturated heterocycles. The van der Waals surface area contributed by atoms with Crippen molar-refractivity contribution in [1.29, 1.82) is 0 Å². The molecule has 2 rings (SSSR count). The molecule has 82 valence electrons. The molecule has 0 aromatic carbocycles. The van der Waals surface area contributed by atoms with Crippen molar-refractivity contribution >= 4 is 0 Å². The first-order valence-corrected chi connectivity index (χ1v) is 5.36. The van der Waals surface area contributed by atoms with Crippen LogP contribution < -0.4 is 5.32 Å². The van der Waals surface area contributed by atoms with Gasteiger partial charge in [0.05, 0.1) is 0 Å². The highest BCUT2D eigenvalue weighted by atomic mass is 19.3. The Balaban J connectivity index is 1.85. The fraction of sp³-hybridized carbons (Fsp3) is 1.00. The van der Waals surface area contributed by atoms with Crippen LogP contribution in [0.2, 0.25) is 0 Å². The zero-order valence-electron chi connectivity index (χ0n) is 8.60. The summed E-state index contributed by atoms with van der Waals surface area (Å²) < 4.78 is 25.4. The molecule has 2 nitrogen and oxygen atoms in total. The second kappa shape index (κ2) is 3.74. The topological polar surface area (TPSA) is 15.3 Å². The average Bonchev–Trinajstić information content (AvgIpc) is 2.85. The summed E-state index contributed by atoms with van der Waals surface area (Å²) in [5.41, 5.74) is -0.642. The molecule has 0 radical (unpaired) electrons. The van der Waals surface area contributed by atoms with Crippen molar-refractivity contribution in [3.05, 3.63) is 0 Å². The van der Waals surface area contributed by atoms with Crippen molar-refractivity contribution in [2.75, 3.05) is 26.2 Å². The van der Waals surface area contributed by atoms with E-state index < -0.39 is 11.8 Å². The Hall–Kier alpha value is -0.220. The number of hydrogen-bond donors (Lipinski definition) is 1. The molecule has 1 unspecified atom stereocenters. The van der Waals surface area contributed by atoms with Gasteiger partial charge in [-0.05, 0) is 19.8 Å². The van der Waals surface area contributed by atoms with Crippen molar-refractivity contribution in [3.63, 3.8) is 0 Å². The fourth-order valence-electron chi connectivity index (χ4n) is 2.21. The first kappa shape index (κ1) is 10.3. The fourth-order valence-corrected chi connectivity index (χ4v) is 2.21. The molecule has 0 spiro atoms. The molecule has 2 aliphatic rings. The molecule has 0 bridgehead atoms. The van der Waals surface area contributed by atoms with Crippen molar-refractivity contribution in [3.8, 4) is 0 Å². The zero-order chi connectivity index (χ0) is 10.2. The van der Waals surface area contributed by atoms with Crippen LogP contribution >= 0.6 is 0 Å². The first-order valence-electron chi connectivity index (χ1n) is 5.36. The van der Waals surface area contributed by atoms with Gasteiger partial charge < -0.3 is 5.32 Å². The minimum Gasteiger partial charge on any atom is -0.312 e. The van der Waals surface area contributed by atoms with E-state index >= 15 is 0 Å². The maximum atomic E-state index is 12.7. The Bertz CT molecular complexity index is 204. The van der Waals surface area contributed by atoms with Gasteiger partial charge in [0.15, 0.2) is 0 Å². The minimum atomic E-state index is -2.13. The van der Waals surface area contributed by atoms with Gasteiger partial charge in [-0.3, -0.25) is 4.90 Å². The van der Waals surface area contributed by atoms with E-state index in [-0.39, 0.29) is 0 Å². The Kier molecular flexibility index (Phi) is 2.75. The van der Waals surface area contributed by atoms with Crippen molar-refractivity contribution in [2.45, 2.75) is 32.2 Å². The normalized spacial score (nSPS) is 32.1. The van der Waals surface area contributed by atoms with E-state index in [2.05, 4.69) is 17.1 Å². The summed E-state index contributed by atoms with van der Waals surface area (Å²) in [5.74, 6) is 0. The van der Waals surface area contributed by atoms with Crippen LogP contribution in [0.1, 0.15) is 19.8 Å². The number of nitrogens with zero attached hydrogens (tertiary/aromatic N) is 1. The van der Waals surface area contributed by atoms with Gasteiger partial charge in [0.2, 0.25) is 6.43 Å². The number of nitrogens with one attached hydrogen (secondary N) is 1. The summed E-state index contributed by atoms with van der Waals surface area (Å²) in [5, 5.41) is 3.32. The number of hydrogen-bond acceptors (Lipinski definition) is 2. The molecule has 4 heteroatoms. The quantitative estimate of drug-likeness (QED) is 0.746. The van der Waals surface area contributed by atoms with Gasteiger partial charge in [0, 0.05) is 37.6 Å². The van der Waals surface area contributed by atoms with Crippen LogP contribution in [0.25, 0.3) is 0 Å². The summed E-state index contributed by atoms with van der Waals surface area (Å²) in [6.45, 7) is 5.46. The van der Waals surface area contributed by atoms with Gasteiger partial charge in [-0.1, -0.05) is 0 Å². The Labute approximate surface area is 83.7 Å². The molecule has 1 saturated carbocycles. The predicted molar refractivity (Wildman–Crippen MR) is 51.6 cm³/mol. The van der Waals surface area contributed by atoms with Crippen LogP contribution in [0.3, 0.4) is 0 Å². The van der Waals surface area contributed by atoms with Gasteiger partial charge in [-0.15, -0.1) is 0 Å². The lowest BCUT2D eigenvalue weighted by Crippen LogP contribution is -2.51. The smallest absolute Gasteiger partial charge is 0.245 e. The largest absolute Gasteiger partial charge is 0.312 e. The van der Waals surface area contributed by atoms with E-state index in [1.165, 1.54) is 0 Å². The van der Waals surface area contributed by atoms with E-state index in [1.54, 1.807) is 0 Å². The Morgan fingerprint density at radius 1 is 1.50 bits per heavy atom. The van der Waals surface area contributed by atoms with E-state index in [0.29, 0.717) is 25.4 Å². The zero-order valence-corrected chi connectivity index (χ0v) is 8.60. The van der Waals surface area contributed by atoms with Gasteiger partial charge in [0.1, 0.15) is 0 Å². The predicted octanol–water partition coefficient (Wildman–Crippen LogP) is 1.33. The molecule has 14 heavy (non-hydrogen) atoms. The molecule has 0 amide bonds. The summed E-state index contributed by atoms with van der Waals surface area (Å²) in [7, 11) is 0. The molecular weight excluding hydrogens is 186 g/mol. The van der Waals surface area contributed by atoms with Crippen LogP contribution in [-0.2, 0) is 0 Å². The highest BCUT2D eigenvalue weighted by molar-refractivity contribution is 4.98. The molecule has 1 N–H and O–H groups in total. The summed E-state index contributed by atoms with van der Waals surface area (Å²) >= 11 is 0. The first-order chi connectivity index (χ1) is 6.62. The van der Waals surface area contributed by atoms with E-state index in [1.807, 2.05) is 0 Å². The highest BCUT2D eigenvalue weighted by Crippen LogP contribution is 2.51. The number of rotatable bonds is 3. The molecule has 1 aliphatic heterocycles. The molecule has 0 aromatic rings. The van der Waals surface area contributed by atoms with Crippen LogP contribution in [0, 0.1) is 5.41 Å². The van der Waals surface area contributed by atoms with Crippen LogP contribution in [0.5, 0.6) is 0 Å². The lowest BCUT2D eigenvalue weighted by atomic mass is 10.1. The summed E-state index contributed by atoms with van der Waals surface area (Å²) in [6.07, 6.45) is -0.709.